The van der Waals surface area contributed by atoms with E-state index in [1.807, 2.05) is 81.0 Å². The first kappa shape index (κ1) is 19.4. The maximum absolute atomic E-state index is 12.3. The van der Waals surface area contributed by atoms with Gasteiger partial charge in [-0.05, 0) is 51.5 Å². The summed E-state index contributed by atoms with van der Waals surface area (Å²) < 4.78 is 7.24. The molecule has 2 aromatic carbocycles. The van der Waals surface area contributed by atoms with E-state index in [0.29, 0.717) is 5.56 Å². The summed E-state index contributed by atoms with van der Waals surface area (Å²) in [5.74, 6) is 0. The summed E-state index contributed by atoms with van der Waals surface area (Å²) in [6.45, 7) is 7.42. The van der Waals surface area contributed by atoms with E-state index in [1.54, 1.807) is 6.07 Å². The molecule has 0 fully saturated rings. The molecule has 1 aromatic heterocycles. The molecule has 144 valence electrons. The fourth-order valence-corrected chi connectivity index (χ4v) is 3.15. The first-order chi connectivity index (χ1) is 13.3. The Balaban J connectivity index is 1.96. The van der Waals surface area contributed by atoms with E-state index < -0.39 is 11.7 Å². The number of nitrogens with one attached hydrogen (secondary N) is 1. The second-order valence-corrected chi connectivity index (χ2v) is 7.78. The van der Waals surface area contributed by atoms with Crippen LogP contribution in [-0.2, 0) is 4.74 Å². The van der Waals surface area contributed by atoms with E-state index in [2.05, 4.69) is 16.5 Å². The molecule has 1 amide bonds. The van der Waals surface area contributed by atoms with Crippen molar-refractivity contribution in [2.24, 2.45) is 0 Å². The molecule has 3 rings (SSSR count). The van der Waals surface area contributed by atoms with Gasteiger partial charge in [0.15, 0.2) is 0 Å². The van der Waals surface area contributed by atoms with Crippen LogP contribution < -0.4 is 5.32 Å². The zero-order valence-electron chi connectivity index (χ0n) is 16.5. The fraction of sp³-hybridized carbons (Fsp3) is 0.318. The second-order valence-electron chi connectivity index (χ2n) is 7.78. The maximum atomic E-state index is 12.3. The molecule has 0 radical (unpaired) electrons. The maximum Gasteiger partial charge on any atom is 0.407 e. The largest absolute Gasteiger partial charge is 0.444 e. The predicted octanol–water partition coefficient (Wildman–Crippen LogP) is 4.41. The number of nitrogens with zero attached hydrogens (tertiary/aromatic N) is 3. The Kier molecular flexibility index (Phi) is 5.36. The second kappa shape index (κ2) is 7.73. The van der Waals surface area contributed by atoms with Crippen LogP contribution in [0.3, 0.4) is 0 Å². The molecule has 6 nitrogen and oxygen atoms in total. The van der Waals surface area contributed by atoms with Crippen LogP contribution in [0, 0.1) is 11.3 Å². The lowest BCUT2D eigenvalue weighted by atomic mass is 10.0. The van der Waals surface area contributed by atoms with Gasteiger partial charge in [-0.1, -0.05) is 30.3 Å². The lowest BCUT2D eigenvalue weighted by molar-refractivity contribution is 0.0497. The molecule has 0 aliphatic carbocycles. The van der Waals surface area contributed by atoms with Crippen LogP contribution >= 0.6 is 0 Å². The van der Waals surface area contributed by atoms with E-state index in [0.717, 1.165) is 16.5 Å². The van der Waals surface area contributed by atoms with Gasteiger partial charge in [0, 0.05) is 11.6 Å². The third-order valence-corrected chi connectivity index (χ3v) is 4.30. The third-order valence-electron chi connectivity index (χ3n) is 4.30. The number of carbonyl (C=O) groups is 1. The Hall–Kier alpha value is -3.33. The highest BCUT2D eigenvalue weighted by Gasteiger charge is 2.26. The minimum absolute atomic E-state index is 0.230. The van der Waals surface area contributed by atoms with Crippen molar-refractivity contribution in [2.45, 2.75) is 45.4 Å². The first-order valence-electron chi connectivity index (χ1n) is 9.20. The van der Waals surface area contributed by atoms with E-state index in [-0.39, 0.29) is 12.1 Å². The van der Waals surface area contributed by atoms with Gasteiger partial charge in [-0.3, -0.25) is 4.68 Å². The van der Waals surface area contributed by atoms with Gasteiger partial charge in [-0.2, -0.15) is 10.4 Å². The van der Waals surface area contributed by atoms with Gasteiger partial charge >= 0.3 is 6.09 Å². The minimum atomic E-state index is -0.569. The molecule has 0 aliphatic heterocycles. The molecule has 3 aromatic rings. The molecule has 6 heteroatoms. The SMILES string of the molecule is C[C@H](NC(=O)OC(C)(C)C)[C@@H](c1ccccc1)n1cc2cc(C#N)ccc2n1. The van der Waals surface area contributed by atoms with Crippen LogP contribution in [-0.4, -0.2) is 27.5 Å². The van der Waals surface area contributed by atoms with E-state index >= 15 is 0 Å². The van der Waals surface area contributed by atoms with E-state index in [9.17, 15) is 4.79 Å². The zero-order valence-corrected chi connectivity index (χ0v) is 16.5. The monoisotopic (exact) mass is 376 g/mol. The number of rotatable bonds is 4. The molecule has 28 heavy (non-hydrogen) atoms. The number of carbonyl (C=O) groups excluding carboxylic acids is 1. The third kappa shape index (κ3) is 4.49. The van der Waals surface area contributed by atoms with Gasteiger partial charge in [-0.25, -0.2) is 4.79 Å². The van der Waals surface area contributed by atoms with Gasteiger partial charge < -0.3 is 10.1 Å². The molecule has 0 aliphatic rings. The summed E-state index contributed by atoms with van der Waals surface area (Å²) in [6.07, 6.45) is 1.44. The van der Waals surface area contributed by atoms with E-state index in [1.165, 1.54) is 0 Å². The highest BCUT2D eigenvalue weighted by atomic mass is 16.6. The van der Waals surface area contributed by atoms with Crippen LogP contribution in [0.4, 0.5) is 4.79 Å². The molecule has 0 spiro atoms. The number of hydrogen-bond donors (Lipinski definition) is 1. The number of nitriles is 1. The van der Waals surface area contributed by atoms with Crippen LogP contribution in [0.2, 0.25) is 0 Å². The van der Waals surface area contributed by atoms with Crippen molar-refractivity contribution in [2.75, 3.05) is 0 Å². The summed E-state index contributed by atoms with van der Waals surface area (Å²) in [6, 6.07) is 16.9. The number of amides is 1. The predicted molar refractivity (Wildman–Crippen MR) is 108 cm³/mol. The van der Waals surface area contributed by atoms with Gasteiger partial charge in [0.1, 0.15) is 5.60 Å². The van der Waals surface area contributed by atoms with Crippen molar-refractivity contribution in [3.63, 3.8) is 0 Å². The Morgan fingerprint density at radius 1 is 1.21 bits per heavy atom. The smallest absolute Gasteiger partial charge is 0.407 e. The number of fused-ring (bicyclic) bond motifs is 1. The van der Waals surface area contributed by atoms with Crippen LogP contribution in [0.1, 0.15) is 44.9 Å². The topological polar surface area (TPSA) is 79.9 Å². The lowest BCUT2D eigenvalue weighted by Gasteiger charge is -2.27. The Morgan fingerprint density at radius 2 is 1.93 bits per heavy atom. The molecule has 0 unspecified atom stereocenters. The highest BCUT2D eigenvalue weighted by molar-refractivity contribution is 5.79. The fourth-order valence-electron chi connectivity index (χ4n) is 3.15. The van der Waals surface area contributed by atoms with Gasteiger partial charge in [0.2, 0.25) is 0 Å². The minimum Gasteiger partial charge on any atom is -0.444 e. The first-order valence-corrected chi connectivity index (χ1v) is 9.20. The molecule has 2 atom stereocenters. The standard InChI is InChI=1S/C22H24N4O2/c1-15(24-21(27)28-22(2,3)4)20(17-8-6-5-7-9-17)26-14-18-12-16(13-23)10-11-19(18)25-26/h5-12,14-15,20H,1-4H3,(H,24,27)/t15-,20-/m0/s1. The molecule has 1 N–H and O–H groups in total. The number of alkyl carbamates (subject to hydrolysis) is 1. The van der Waals surface area contributed by atoms with Crippen molar-refractivity contribution < 1.29 is 9.53 Å². The molecule has 0 saturated heterocycles. The molecule has 1 heterocycles. The van der Waals surface area contributed by atoms with Gasteiger partial charge in [0.05, 0.1) is 29.2 Å². The Labute approximate surface area is 164 Å². The highest BCUT2D eigenvalue weighted by Crippen LogP contribution is 2.25. The lowest BCUT2D eigenvalue weighted by Crippen LogP contribution is -2.42. The number of hydrogen-bond acceptors (Lipinski definition) is 4. The summed E-state index contributed by atoms with van der Waals surface area (Å²) in [5, 5.41) is 17.6. The van der Waals surface area contributed by atoms with Crippen LogP contribution in [0.5, 0.6) is 0 Å². The molecule has 0 saturated carbocycles. The summed E-state index contributed by atoms with van der Waals surface area (Å²) >= 11 is 0. The Bertz CT molecular complexity index is 1010. The molecule has 0 bridgehead atoms. The van der Waals surface area contributed by atoms with Crippen molar-refractivity contribution in [1.82, 2.24) is 15.1 Å². The summed E-state index contributed by atoms with van der Waals surface area (Å²) in [4.78, 5) is 12.3. The van der Waals surface area contributed by atoms with Crippen molar-refractivity contribution in [1.29, 1.82) is 5.26 Å². The van der Waals surface area contributed by atoms with Gasteiger partial charge in [-0.15, -0.1) is 0 Å². The van der Waals surface area contributed by atoms with Crippen LogP contribution in [0.15, 0.2) is 54.7 Å². The quantitative estimate of drug-likeness (QED) is 0.731. The number of benzene rings is 2. The Morgan fingerprint density at radius 3 is 2.57 bits per heavy atom. The molecular weight excluding hydrogens is 352 g/mol. The summed E-state index contributed by atoms with van der Waals surface area (Å²) in [5.41, 5.74) is 1.83. The zero-order chi connectivity index (χ0) is 20.3. The van der Waals surface area contributed by atoms with Gasteiger partial charge in [0.25, 0.3) is 0 Å². The number of ether oxygens (including phenoxy) is 1. The number of aromatic nitrogens is 2. The average Bonchev–Trinajstić information content (AvgIpc) is 3.03. The van der Waals surface area contributed by atoms with E-state index in [4.69, 9.17) is 10.00 Å². The van der Waals surface area contributed by atoms with Crippen LogP contribution in [0.25, 0.3) is 10.9 Å². The van der Waals surface area contributed by atoms with Crippen molar-refractivity contribution in [3.8, 4) is 6.07 Å². The normalized spacial score (nSPS) is 13.5. The van der Waals surface area contributed by atoms with Crippen molar-refractivity contribution in [3.05, 3.63) is 65.9 Å². The summed E-state index contributed by atoms with van der Waals surface area (Å²) in [7, 11) is 0. The molecular formula is C22H24N4O2. The average molecular weight is 376 g/mol. The van der Waals surface area contributed by atoms with Crippen molar-refractivity contribution >= 4 is 17.0 Å².